The maximum Gasteiger partial charge on any atom is 0.401 e. The van der Waals surface area contributed by atoms with Crippen LogP contribution in [0.5, 0.6) is 0 Å². The summed E-state index contributed by atoms with van der Waals surface area (Å²) in [5.74, 6) is 0. The number of rotatable bonds is 5. The van der Waals surface area contributed by atoms with Crippen molar-refractivity contribution in [2.75, 3.05) is 19.6 Å². The van der Waals surface area contributed by atoms with Crippen LogP contribution in [-0.2, 0) is 0 Å². The predicted octanol–water partition coefficient (Wildman–Crippen LogP) is 4.06. The molecule has 0 bridgehead atoms. The van der Waals surface area contributed by atoms with Crippen LogP contribution in [0, 0.1) is 6.92 Å². The smallest absolute Gasteiger partial charge is 0.307 e. The number of aryl methyl sites for hydroxylation is 1. The first kappa shape index (κ1) is 17.3. The summed E-state index contributed by atoms with van der Waals surface area (Å²) in [4.78, 5) is 1.50. The van der Waals surface area contributed by atoms with Crippen LogP contribution >= 0.6 is 0 Å². The van der Waals surface area contributed by atoms with E-state index in [2.05, 4.69) is 43.4 Å². The second kappa shape index (κ2) is 7.47. The van der Waals surface area contributed by atoms with E-state index >= 15 is 0 Å². The lowest BCUT2D eigenvalue weighted by atomic mass is 9.98. The van der Waals surface area contributed by atoms with Crippen molar-refractivity contribution < 1.29 is 13.2 Å². The number of halogens is 3. The molecular formula is C17H25F3N2. The van der Waals surface area contributed by atoms with Crippen molar-refractivity contribution in [3.63, 3.8) is 0 Å². The van der Waals surface area contributed by atoms with E-state index in [1.807, 2.05) is 0 Å². The molecule has 1 atom stereocenters. The third-order valence-electron chi connectivity index (χ3n) is 4.32. The molecule has 1 aromatic rings. The maximum absolute atomic E-state index is 12.4. The van der Waals surface area contributed by atoms with Gasteiger partial charge < -0.3 is 5.32 Å². The Hall–Kier alpha value is -1.07. The number of piperidine rings is 1. The molecule has 0 spiro atoms. The number of hydrogen-bond donors (Lipinski definition) is 1. The average Bonchev–Trinajstić information content (AvgIpc) is 2.46. The summed E-state index contributed by atoms with van der Waals surface area (Å²) in [6.45, 7) is 4.45. The fourth-order valence-electron chi connectivity index (χ4n) is 3.04. The Morgan fingerprint density at radius 3 is 2.27 bits per heavy atom. The number of nitrogens with zero attached hydrogens (tertiary/aromatic N) is 1. The highest BCUT2D eigenvalue weighted by Crippen LogP contribution is 2.23. The normalized spacial score (nSPS) is 19.3. The Kier molecular flexibility index (Phi) is 5.87. The standard InChI is InChI=1S/C17H25F3N2/c1-3-16(14-6-4-13(2)5-7-14)21-15-8-10-22(11-9-15)12-17(18,19)20/h4-7,15-16,21H,3,8-12H2,1-2H3. The van der Waals surface area contributed by atoms with E-state index in [4.69, 9.17) is 0 Å². The van der Waals surface area contributed by atoms with Crippen molar-refractivity contribution in [3.05, 3.63) is 35.4 Å². The van der Waals surface area contributed by atoms with Crippen LogP contribution in [0.15, 0.2) is 24.3 Å². The molecule has 1 unspecified atom stereocenters. The molecule has 1 aromatic carbocycles. The van der Waals surface area contributed by atoms with Crippen molar-refractivity contribution in [2.45, 2.75) is 51.4 Å². The van der Waals surface area contributed by atoms with Crippen LogP contribution in [-0.4, -0.2) is 36.8 Å². The van der Waals surface area contributed by atoms with Gasteiger partial charge in [-0.1, -0.05) is 36.8 Å². The van der Waals surface area contributed by atoms with Crippen LogP contribution in [0.25, 0.3) is 0 Å². The number of hydrogen-bond acceptors (Lipinski definition) is 2. The van der Waals surface area contributed by atoms with Crippen molar-refractivity contribution in [3.8, 4) is 0 Å². The Morgan fingerprint density at radius 1 is 1.18 bits per heavy atom. The Morgan fingerprint density at radius 2 is 1.77 bits per heavy atom. The second-order valence-corrected chi connectivity index (χ2v) is 6.20. The van der Waals surface area contributed by atoms with Gasteiger partial charge >= 0.3 is 6.18 Å². The van der Waals surface area contributed by atoms with E-state index in [0.29, 0.717) is 19.1 Å². The summed E-state index contributed by atoms with van der Waals surface area (Å²) < 4.78 is 37.2. The minimum Gasteiger partial charge on any atom is -0.307 e. The van der Waals surface area contributed by atoms with Gasteiger partial charge in [-0.05, 0) is 44.8 Å². The third-order valence-corrected chi connectivity index (χ3v) is 4.32. The molecule has 2 nitrogen and oxygen atoms in total. The quantitative estimate of drug-likeness (QED) is 0.881. The highest BCUT2D eigenvalue weighted by atomic mass is 19.4. The third kappa shape index (κ3) is 5.29. The number of likely N-dealkylation sites (tertiary alicyclic amines) is 1. The first-order valence-corrected chi connectivity index (χ1v) is 7.99. The number of alkyl halides is 3. The van der Waals surface area contributed by atoms with Crippen molar-refractivity contribution in [1.82, 2.24) is 10.2 Å². The fraction of sp³-hybridized carbons (Fsp3) is 0.647. The molecule has 22 heavy (non-hydrogen) atoms. The summed E-state index contributed by atoms with van der Waals surface area (Å²) in [5, 5.41) is 3.62. The van der Waals surface area contributed by atoms with Gasteiger partial charge in [0.25, 0.3) is 0 Å². The summed E-state index contributed by atoms with van der Waals surface area (Å²) in [6.07, 6.45) is -1.56. The highest BCUT2D eigenvalue weighted by molar-refractivity contribution is 5.24. The summed E-state index contributed by atoms with van der Waals surface area (Å²) >= 11 is 0. The molecule has 0 radical (unpaired) electrons. The minimum absolute atomic E-state index is 0.278. The number of nitrogens with one attached hydrogen (secondary N) is 1. The first-order chi connectivity index (χ1) is 10.4. The van der Waals surface area contributed by atoms with Gasteiger partial charge in [-0.3, -0.25) is 4.90 Å². The summed E-state index contributed by atoms with van der Waals surface area (Å²) in [5.41, 5.74) is 2.49. The van der Waals surface area contributed by atoms with Crippen LogP contribution in [0.4, 0.5) is 13.2 Å². The Bertz CT molecular complexity index is 448. The van der Waals surface area contributed by atoms with Gasteiger partial charge in [-0.25, -0.2) is 0 Å². The lowest BCUT2D eigenvalue weighted by Crippen LogP contribution is -2.46. The molecule has 1 aliphatic heterocycles. The van der Waals surface area contributed by atoms with Crippen LogP contribution in [0.1, 0.15) is 43.4 Å². The molecule has 5 heteroatoms. The molecule has 0 amide bonds. The lowest BCUT2D eigenvalue weighted by Gasteiger charge is -2.34. The van der Waals surface area contributed by atoms with Crippen LogP contribution in [0.2, 0.25) is 0 Å². The van der Waals surface area contributed by atoms with Gasteiger partial charge in [-0.2, -0.15) is 13.2 Å². The van der Waals surface area contributed by atoms with E-state index < -0.39 is 12.7 Å². The first-order valence-electron chi connectivity index (χ1n) is 7.99. The highest BCUT2D eigenvalue weighted by Gasteiger charge is 2.32. The zero-order chi connectivity index (χ0) is 16.2. The molecule has 1 saturated heterocycles. The SMILES string of the molecule is CCC(NC1CCN(CC(F)(F)F)CC1)c1ccc(C)cc1. The zero-order valence-corrected chi connectivity index (χ0v) is 13.3. The zero-order valence-electron chi connectivity index (χ0n) is 13.3. The predicted molar refractivity (Wildman–Crippen MR) is 82.9 cm³/mol. The number of benzene rings is 1. The van der Waals surface area contributed by atoms with Gasteiger partial charge in [0.15, 0.2) is 0 Å². The average molecular weight is 314 g/mol. The van der Waals surface area contributed by atoms with E-state index in [1.54, 1.807) is 0 Å². The molecule has 1 fully saturated rings. The fourth-order valence-corrected chi connectivity index (χ4v) is 3.04. The van der Waals surface area contributed by atoms with Crippen LogP contribution in [0.3, 0.4) is 0 Å². The van der Waals surface area contributed by atoms with E-state index in [0.717, 1.165) is 19.3 Å². The second-order valence-electron chi connectivity index (χ2n) is 6.20. The van der Waals surface area contributed by atoms with Gasteiger partial charge in [0, 0.05) is 12.1 Å². The van der Waals surface area contributed by atoms with E-state index in [1.165, 1.54) is 16.0 Å². The monoisotopic (exact) mass is 314 g/mol. The molecule has 0 saturated carbocycles. The van der Waals surface area contributed by atoms with E-state index in [9.17, 15) is 13.2 Å². The van der Waals surface area contributed by atoms with Crippen molar-refractivity contribution in [2.24, 2.45) is 0 Å². The molecular weight excluding hydrogens is 289 g/mol. The van der Waals surface area contributed by atoms with Gasteiger partial charge in [0.2, 0.25) is 0 Å². The van der Waals surface area contributed by atoms with Gasteiger partial charge in [-0.15, -0.1) is 0 Å². The molecule has 124 valence electrons. The largest absolute Gasteiger partial charge is 0.401 e. The molecule has 1 aliphatic rings. The lowest BCUT2D eigenvalue weighted by molar-refractivity contribution is -0.148. The Balaban J connectivity index is 1.85. The van der Waals surface area contributed by atoms with E-state index in [-0.39, 0.29) is 6.04 Å². The summed E-state index contributed by atoms with van der Waals surface area (Å²) in [7, 11) is 0. The molecule has 1 heterocycles. The summed E-state index contributed by atoms with van der Waals surface area (Å²) in [6, 6.07) is 9.05. The Labute approximate surface area is 130 Å². The molecule has 1 N–H and O–H groups in total. The van der Waals surface area contributed by atoms with Gasteiger partial charge in [0.05, 0.1) is 6.54 Å². The van der Waals surface area contributed by atoms with Gasteiger partial charge in [0.1, 0.15) is 0 Å². The molecule has 0 aromatic heterocycles. The van der Waals surface area contributed by atoms with Crippen LogP contribution < -0.4 is 5.32 Å². The molecule has 0 aliphatic carbocycles. The molecule has 2 rings (SSSR count). The minimum atomic E-state index is -4.09. The van der Waals surface area contributed by atoms with Crippen molar-refractivity contribution >= 4 is 0 Å². The topological polar surface area (TPSA) is 15.3 Å². The maximum atomic E-state index is 12.4. The van der Waals surface area contributed by atoms with Crippen molar-refractivity contribution in [1.29, 1.82) is 0 Å².